The highest BCUT2D eigenvalue weighted by Crippen LogP contribution is 2.09. The zero-order valence-corrected chi connectivity index (χ0v) is 9.42. The fraction of sp³-hybridized carbons (Fsp3) is 0.900. The summed E-state index contributed by atoms with van der Waals surface area (Å²) >= 11 is 0. The van der Waals surface area contributed by atoms with Crippen LogP contribution in [-0.2, 0) is 0 Å². The number of hydrogen-bond donors (Lipinski definition) is 2. The van der Waals surface area contributed by atoms with Gasteiger partial charge in [0.1, 0.15) is 0 Å². The van der Waals surface area contributed by atoms with E-state index in [0.717, 1.165) is 11.8 Å². The lowest BCUT2D eigenvalue weighted by molar-refractivity contribution is 0.197. The lowest BCUT2D eigenvalue weighted by Crippen LogP contribution is -2.13. The smallest absolute Gasteiger partial charge is 0.404 e. The molecular weight excluding hydrogens is 166 g/mol. The van der Waals surface area contributed by atoms with E-state index in [1.165, 1.54) is 19.9 Å². The van der Waals surface area contributed by atoms with Crippen molar-refractivity contribution in [3.8, 4) is 0 Å². The molecule has 0 rings (SSSR count). The minimum absolute atomic E-state index is 0.886. The van der Waals surface area contributed by atoms with E-state index in [-0.39, 0.29) is 0 Å². The van der Waals surface area contributed by atoms with Crippen molar-refractivity contribution in [2.24, 2.45) is 11.8 Å². The lowest BCUT2D eigenvalue weighted by Gasteiger charge is -2.05. The van der Waals surface area contributed by atoms with Crippen LogP contribution in [0.3, 0.4) is 0 Å². The fourth-order valence-electron chi connectivity index (χ4n) is 0.667. The first-order valence-corrected chi connectivity index (χ1v) is 4.80. The van der Waals surface area contributed by atoms with Crippen molar-refractivity contribution in [1.82, 2.24) is 5.32 Å². The Morgan fingerprint density at radius 3 is 1.46 bits per heavy atom. The highest BCUT2D eigenvalue weighted by molar-refractivity contribution is 5.63. The van der Waals surface area contributed by atoms with Gasteiger partial charge < -0.3 is 10.4 Å². The summed E-state index contributed by atoms with van der Waals surface area (Å²) < 4.78 is 0. The molecule has 2 N–H and O–H groups in total. The molecule has 1 amide bonds. The van der Waals surface area contributed by atoms with Crippen molar-refractivity contribution in [2.45, 2.75) is 40.5 Å². The van der Waals surface area contributed by atoms with Crippen LogP contribution < -0.4 is 5.32 Å². The number of amides is 1. The van der Waals surface area contributed by atoms with E-state index in [9.17, 15) is 4.79 Å². The summed E-state index contributed by atoms with van der Waals surface area (Å²) in [6, 6.07) is 0. The summed E-state index contributed by atoms with van der Waals surface area (Å²) in [7, 11) is 1.35. The second-order valence-corrected chi connectivity index (χ2v) is 3.92. The van der Waals surface area contributed by atoms with Crippen LogP contribution in [0.25, 0.3) is 0 Å². The maximum atomic E-state index is 9.26. The molecule has 80 valence electrons. The molecule has 0 saturated carbocycles. The molecule has 0 radical (unpaired) electrons. The van der Waals surface area contributed by atoms with Crippen LogP contribution >= 0.6 is 0 Å². The second-order valence-electron chi connectivity index (χ2n) is 3.92. The van der Waals surface area contributed by atoms with Gasteiger partial charge in [0.25, 0.3) is 0 Å². The van der Waals surface area contributed by atoms with Gasteiger partial charge in [-0.1, -0.05) is 40.5 Å². The van der Waals surface area contributed by atoms with E-state index in [2.05, 4.69) is 27.7 Å². The topological polar surface area (TPSA) is 49.3 Å². The van der Waals surface area contributed by atoms with E-state index in [1.807, 2.05) is 5.32 Å². The van der Waals surface area contributed by atoms with Crippen LogP contribution in [0.1, 0.15) is 40.5 Å². The number of rotatable bonds is 3. The average molecular weight is 189 g/mol. The quantitative estimate of drug-likeness (QED) is 0.717. The minimum Gasteiger partial charge on any atom is -0.465 e. The van der Waals surface area contributed by atoms with Gasteiger partial charge in [-0.15, -0.1) is 0 Å². The lowest BCUT2D eigenvalue weighted by atomic mass is 10.0. The Kier molecular flexibility index (Phi) is 10.6. The summed E-state index contributed by atoms with van der Waals surface area (Å²) in [6.45, 7) is 9.12. The first-order valence-electron chi connectivity index (χ1n) is 4.80. The molecule has 3 heteroatoms. The Morgan fingerprint density at radius 1 is 1.15 bits per heavy atom. The van der Waals surface area contributed by atoms with E-state index in [1.54, 1.807) is 0 Å². The average Bonchev–Trinajstić information content (AvgIpc) is 2.02. The molecule has 0 aliphatic rings. The van der Waals surface area contributed by atoms with Crippen LogP contribution in [0.5, 0.6) is 0 Å². The predicted octanol–water partition coefficient (Wildman–Crippen LogP) is 2.96. The van der Waals surface area contributed by atoms with Crippen LogP contribution in [0.4, 0.5) is 4.79 Å². The van der Waals surface area contributed by atoms with Crippen molar-refractivity contribution < 1.29 is 9.90 Å². The predicted molar refractivity (Wildman–Crippen MR) is 56.0 cm³/mol. The van der Waals surface area contributed by atoms with Crippen molar-refractivity contribution in [3.05, 3.63) is 0 Å². The minimum atomic E-state index is -0.995. The molecule has 0 atom stereocenters. The summed E-state index contributed by atoms with van der Waals surface area (Å²) in [5, 5.41) is 9.56. The largest absolute Gasteiger partial charge is 0.465 e. The molecule has 0 fully saturated rings. The molecule has 0 unspecified atom stereocenters. The number of nitrogens with one attached hydrogen (secondary N) is 1. The number of hydrogen-bond acceptors (Lipinski definition) is 1. The van der Waals surface area contributed by atoms with Gasteiger partial charge in [-0.3, -0.25) is 0 Å². The van der Waals surface area contributed by atoms with Crippen molar-refractivity contribution in [3.63, 3.8) is 0 Å². The second kappa shape index (κ2) is 9.36. The van der Waals surface area contributed by atoms with Gasteiger partial charge in [0.05, 0.1) is 0 Å². The van der Waals surface area contributed by atoms with Crippen LogP contribution in [0.2, 0.25) is 0 Å². The molecule has 0 spiro atoms. The zero-order valence-electron chi connectivity index (χ0n) is 9.42. The molecule has 0 saturated heterocycles. The van der Waals surface area contributed by atoms with Crippen molar-refractivity contribution >= 4 is 6.09 Å². The molecule has 3 nitrogen and oxygen atoms in total. The Morgan fingerprint density at radius 2 is 1.38 bits per heavy atom. The summed E-state index contributed by atoms with van der Waals surface area (Å²) in [6.07, 6.45) is 1.78. The van der Waals surface area contributed by atoms with Crippen LogP contribution in [0.15, 0.2) is 0 Å². The van der Waals surface area contributed by atoms with Crippen molar-refractivity contribution in [1.29, 1.82) is 0 Å². The highest BCUT2D eigenvalue weighted by atomic mass is 16.4. The monoisotopic (exact) mass is 189 g/mol. The molecule has 0 aromatic carbocycles. The molecule has 0 aliphatic heterocycles. The van der Waals surface area contributed by atoms with Gasteiger partial charge in [-0.2, -0.15) is 0 Å². The molecule has 0 heterocycles. The summed E-state index contributed by atoms with van der Waals surface area (Å²) in [5.74, 6) is 1.77. The third-order valence-corrected chi connectivity index (χ3v) is 1.54. The Bertz CT molecular complexity index is 114. The van der Waals surface area contributed by atoms with Crippen LogP contribution in [-0.4, -0.2) is 18.2 Å². The standard InChI is InChI=1S/C8H18.C2H5NO2/c1-7(2)5-6-8(3)4;1-3-2(4)5/h7-8H,5-6H2,1-4H3;3H,1H3,(H,4,5). The third-order valence-electron chi connectivity index (χ3n) is 1.54. The molecule has 13 heavy (non-hydrogen) atoms. The first kappa shape index (κ1) is 14.8. The van der Waals surface area contributed by atoms with Gasteiger partial charge in [0.2, 0.25) is 0 Å². The fourth-order valence-corrected chi connectivity index (χ4v) is 0.667. The molecular formula is C10H23NO2. The van der Waals surface area contributed by atoms with Crippen molar-refractivity contribution in [2.75, 3.05) is 7.05 Å². The van der Waals surface area contributed by atoms with Gasteiger partial charge >= 0.3 is 6.09 Å². The maximum absolute atomic E-state index is 9.26. The van der Waals surface area contributed by atoms with Gasteiger partial charge in [-0.05, 0) is 11.8 Å². The third kappa shape index (κ3) is 24.6. The Balaban J connectivity index is 0. The number of carbonyl (C=O) groups is 1. The summed E-state index contributed by atoms with van der Waals surface area (Å²) in [4.78, 5) is 9.26. The Hall–Kier alpha value is -0.730. The van der Waals surface area contributed by atoms with Gasteiger partial charge in [-0.25, -0.2) is 4.79 Å². The Labute approximate surface area is 81.5 Å². The van der Waals surface area contributed by atoms with E-state index in [4.69, 9.17) is 5.11 Å². The van der Waals surface area contributed by atoms with E-state index >= 15 is 0 Å². The van der Waals surface area contributed by atoms with Gasteiger partial charge in [0, 0.05) is 7.05 Å². The van der Waals surface area contributed by atoms with E-state index in [0.29, 0.717) is 0 Å². The first-order chi connectivity index (χ1) is 5.90. The SMILES string of the molecule is CC(C)CCC(C)C.CNC(=O)O. The highest BCUT2D eigenvalue weighted by Gasteiger charge is 1.95. The molecule has 0 aliphatic carbocycles. The van der Waals surface area contributed by atoms with Crippen LogP contribution in [0, 0.1) is 11.8 Å². The molecule has 0 aromatic heterocycles. The molecule has 0 aromatic rings. The zero-order chi connectivity index (χ0) is 10.9. The van der Waals surface area contributed by atoms with Gasteiger partial charge in [0.15, 0.2) is 0 Å². The normalized spacial score (nSPS) is 9.46. The maximum Gasteiger partial charge on any atom is 0.404 e. The summed E-state index contributed by atoms with van der Waals surface area (Å²) in [5.41, 5.74) is 0. The number of carboxylic acid groups (broad SMARTS) is 1. The molecule has 0 bridgehead atoms. The van der Waals surface area contributed by atoms with E-state index < -0.39 is 6.09 Å².